The van der Waals surface area contributed by atoms with E-state index < -0.39 is 12.0 Å². The minimum atomic E-state index is -0.602. The van der Waals surface area contributed by atoms with Gasteiger partial charge in [0.05, 0.1) is 22.6 Å². The van der Waals surface area contributed by atoms with Crippen LogP contribution in [-0.2, 0) is 14.3 Å². The van der Waals surface area contributed by atoms with Crippen molar-refractivity contribution in [1.82, 2.24) is 4.90 Å². The Hall–Kier alpha value is -2.05. The highest BCUT2D eigenvalue weighted by molar-refractivity contribution is 8.15. The van der Waals surface area contributed by atoms with Crippen LogP contribution in [0.4, 0.5) is 0 Å². The summed E-state index contributed by atoms with van der Waals surface area (Å²) in [5, 5.41) is 0.950. The molecule has 1 saturated heterocycles. The van der Waals surface area contributed by atoms with Gasteiger partial charge in [0, 0.05) is 5.02 Å². The van der Waals surface area contributed by atoms with E-state index in [-0.39, 0.29) is 17.8 Å². The fourth-order valence-corrected chi connectivity index (χ4v) is 4.39. The second-order valence-electron chi connectivity index (χ2n) is 5.96. The number of esters is 1. The van der Waals surface area contributed by atoms with Crippen LogP contribution in [0.2, 0.25) is 5.02 Å². The molecule has 0 bridgehead atoms. The number of aliphatic imine (C=N–C) groups is 1. The van der Waals surface area contributed by atoms with Gasteiger partial charge in [0.25, 0.3) is 0 Å². The zero-order valence-corrected chi connectivity index (χ0v) is 16.1. The molecule has 0 radical (unpaired) electrons. The van der Waals surface area contributed by atoms with E-state index in [9.17, 15) is 9.59 Å². The topological polar surface area (TPSA) is 59.0 Å². The Labute approximate surface area is 161 Å². The van der Waals surface area contributed by atoms with E-state index in [0.717, 1.165) is 5.56 Å². The van der Waals surface area contributed by atoms with Crippen molar-refractivity contribution < 1.29 is 14.3 Å². The fourth-order valence-electron chi connectivity index (χ4n) is 3.05. The van der Waals surface area contributed by atoms with E-state index in [2.05, 4.69) is 11.6 Å². The number of allylic oxidation sites excluding steroid dienone is 1. The maximum atomic E-state index is 12.9. The minimum Gasteiger partial charge on any atom is -0.458 e. The molecular weight excluding hydrogens is 372 g/mol. The zero-order chi connectivity index (χ0) is 18.8. The molecule has 2 atom stereocenters. The third-order valence-electron chi connectivity index (χ3n) is 4.24. The number of ether oxygens (including phenoxy) is 1. The van der Waals surface area contributed by atoms with E-state index in [1.165, 1.54) is 17.8 Å². The van der Waals surface area contributed by atoms with E-state index in [1.54, 1.807) is 30.0 Å². The average molecular weight is 391 g/mol. The minimum absolute atomic E-state index is 0.0530. The first-order valence-corrected chi connectivity index (χ1v) is 9.56. The van der Waals surface area contributed by atoms with Crippen molar-refractivity contribution >= 4 is 40.4 Å². The van der Waals surface area contributed by atoms with Gasteiger partial charge < -0.3 is 4.74 Å². The number of carbonyl (C=O) groups excluding carboxylic acids is 2. The number of hydrogen-bond acceptors (Lipinski definition) is 5. The van der Waals surface area contributed by atoms with Gasteiger partial charge in [-0.05, 0) is 31.0 Å². The standard InChI is InChI=1S/C19H19ClN2O3S/c1-4-9-25-18(24)15-11(3)21-19-22(17(23)14(5-2)26-19)16(15)12-7-6-8-13(20)10-12/h4,6-8,10,14,16H,1,5,9H2,2-3H3/t14-,16-/m1/s1. The van der Waals surface area contributed by atoms with Gasteiger partial charge in [-0.15, -0.1) is 0 Å². The lowest BCUT2D eigenvalue weighted by atomic mass is 9.94. The van der Waals surface area contributed by atoms with Crippen LogP contribution < -0.4 is 0 Å². The smallest absolute Gasteiger partial charge is 0.338 e. The van der Waals surface area contributed by atoms with E-state index in [0.29, 0.717) is 27.9 Å². The highest BCUT2D eigenvalue weighted by Crippen LogP contribution is 2.44. The van der Waals surface area contributed by atoms with E-state index in [4.69, 9.17) is 16.3 Å². The number of fused-ring (bicyclic) bond motifs is 1. The summed E-state index contributed by atoms with van der Waals surface area (Å²) < 4.78 is 5.26. The van der Waals surface area contributed by atoms with Crippen molar-refractivity contribution in [3.05, 3.63) is 58.8 Å². The van der Waals surface area contributed by atoms with Crippen LogP contribution in [0.25, 0.3) is 0 Å². The lowest BCUT2D eigenvalue weighted by Crippen LogP contribution is -2.40. The summed E-state index contributed by atoms with van der Waals surface area (Å²) in [4.78, 5) is 31.7. The van der Waals surface area contributed by atoms with Crippen LogP contribution in [0.3, 0.4) is 0 Å². The Morgan fingerprint density at radius 1 is 1.50 bits per heavy atom. The second kappa shape index (κ2) is 7.68. The van der Waals surface area contributed by atoms with Gasteiger partial charge >= 0.3 is 5.97 Å². The monoisotopic (exact) mass is 390 g/mol. The number of thioether (sulfide) groups is 1. The SMILES string of the molecule is C=CCOC(=O)C1=C(C)N=C2S[C@H](CC)C(=O)N2[C@@H]1c1cccc(Cl)c1. The molecule has 1 aromatic carbocycles. The third-order valence-corrected chi connectivity index (χ3v) is 5.79. The molecular formula is C19H19ClN2O3S. The molecule has 0 aromatic heterocycles. The molecule has 26 heavy (non-hydrogen) atoms. The Kier molecular flexibility index (Phi) is 5.53. The lowest BCUT2D eigenvalue weighted by molar-refractivity contribution is -0.139. The van der Waals surface area contributed by atoms with Gasteiger partial charge in [-0.1, -0.05) is 55.1 Å². The lowest BCUT2D eigenvalue weighted by Gasteiger charge is -2.33. The molecule has 5 nitrogen and oxygen atoms in total. The Balaban J connectivity index is 2.12. The van der Waals surface area contributed by atoms with Crippen LogP contribution in [0.15, 0.2) is 53.2 Å². The molecule has 0 spiro atoms. The van der Waals surface area contributed by atoms with Crippen LogP contribution in [0.1, 0.15) is 31.9 Å². The second-order valence-corrected chi connectivity index (χ2v) is 7.57. The summed E-state index contributed by atoms with van der Waals surface area (Å²) in [6, 6.07) is 6.57. The highest BCUT2D eigenvalue weighted by atomic mass is 35.5. The van der Waals surface area contributed by atoms with Crippen LogP contribution >= 0.6 is 23.4 Å². The molecule has 0 aliphatic carbocycles. The number of amides is 1. The molecule has 0 N–H and O–H groups in total. The largest absolute Gasteiger partial charge is 0.458 e. The van der Waals surface area contributed by atoms with Gasteiger partial charge in [-0.3, -0.25) is 9.69 Å². The van der Waals surface area contributed by atoms with Gasteiger partial charge in [0.2, 0.25) is 5.91 Å². The molecule has 3 rings (SSSR count). The molecule has 1 amide bonds. The van der Waals surface area contributed by atoms with Crippen LogP contribution in [-0.4, -0.2) is 33.8 Å². The average Bonchev–Trinajstić information content (AvgIpc) is 2.93. The van der Waals surface area contributed by atoms with Crippen molar-refractivity contribution in [2.24, 2.45) is 4.99 Å². The summed E-state index contributed by atoms with van der Waals surface area (Å²) in [6.45, 7) is 7.38. The summed E-state index contributed by atoms with van der Waals surface area (Å²) in [5.74, 6) is -0.560. The molecule has 0 unspecified atom stereocenters. The van der Waals surface area contributed by atoms with Gasteiger partial charge in [0.1, 0.15) is 6.61 Å². The van der Waals surface area contributed by atoms with Crippen LogP contribution in [0, 0.1) is 0 Å². The Bertz CT molecular complexity index is 834. The van der Waals surface area contributed by atoms with Crippen molar-refractivity contribution in [3.63, 3.8) is 0 Å². The Morgan fingerprint density at radius 2 is 2.27 bits per heavy atom. The van der Waals surface area contributed by atoms with Gasteiger partial charge in [-0.2, -0.15) is 0 Å². The first-order chi connectivity index (χ1) is 12.5. The molecule has 2 aliphatic heterocycles. The first-order valence-electron chi connectivity index (χ1n) is 8.30. The first kappa shape index (κ1) is 18.7. The molecule has 1 fully saturated rings. The van der Waals surface area contributed by atoms with Crippen LogP contribution in [0.5, 0.6) is 0 Å². The maximum Gasteiger partial charge on any atom is 0.338 e. The van der Waals surface area contributed by atoms with E-state index >= 15 is 0 Å². The maximum absolute atomic E-state index is 12.9. The molecule has 1 aromatic rings. The number of halogens is 1. The molecule has 0 saturated carbocycles. The number of rotatable bonds is 5. The molecule has 136 valence electrons. The number of benzene rings is 1. The van der Waals surface area contributed by atoms with Gasteiger partial charge in [0.15, 0.2) is 5.17 Å². The van der Waals surface area contributed by atoms with E-state index in [1.807, 2.05) is 13.0 Å². The fraction of sp³-hybridized carbons (Fsp3) is 0.316. The number of carbonyl (C=O) groups is 2. The molecule has 2 heterocycles. The quantitative estimate of drug-likeness (QED) is 0.560. The van der Waals surface area contributed by atoms with Crippen molar-refractivity contribution in [1.29, 1.82) is 0 Å². The number of nitrogens with zero attached hydrogens (tertiary/aromatic N) is 2. The summed E-state index contributed by atoms with van der Waals surface area (Å²) in [5.41, 5.74) is 1.65. The highest BCUT2D eigenvalue weighted by Gasteiger charge is 2.47. The predicted molar refractivity (Wildman–Crippen MR) is 104 cm³/mol. The van der Waals surface area contributed by atoms with Gasteiger partial charge in [-0.25, -0.2) is 9.79 Å². The van der Waals surface area contributed by atoms with Crippen molar-refractivity contribution in [2.45, 2.75) is 31.6 Å². The zero-order valence-electron chi connectivity index (χ0n) is 14.6. The number of amidine groups is 1. The third kappa shape index (κ3) is 3.31. The summed E-state index contributed by atoms with van der Waals surface area (Å²) >= 11 is 7.59. The molecule has 7 heteroatoms. The van der Waals surface area contributed by atoms with Crippen molar-refractivity contribution in [2.75, 3.05) is 6.61 Å². The summed E-state index contributed by atoms with van der Waals surface area (Å²) in [7, 11) is 0. The summed E-state index contributed by atoms with van der Waals surface area (Å²) in [6.07, 6.45) is 2.19. The van der Waals surface area contributed by atoms with Crippen molar-refractivity contribution in [3.8, 4) is 0 Å². The molecule has 2 aliphatic rings. The predicted octanol–water partition coefficient (Wildman–Crippen LogP) is 4.11. The number of hydrogen-bond donors (Lipinski definition) is 0. The normalized spacial score (nSPS) is 22.2. The Morgan fingerprint density at radius 3 is 2.92 bits per heavy atom.